The first-order valence-electron chi connectivity index (χ1n) is 10.5. The SMILES string of the molecule is COCC(=O)N1CCC[C@@](Cc2ccccc2-c2ccncc2)(C(=O)NC(C)C)C1. The molecule has 2 amide bonds. The predicted molar refractivity (Wildman–Crippen MR) is 117 cm³/mol. The molecule has 1 fully saturated rings. The first-order chi connectivity index (χ1) is 14.4. The van der Waals surface area contributed by atoms with E-state index in [0.717, 1.165) is 29.5 Å². The van der Waals surface area contributed by atoms with E-state index in [9.17, 15) is 9.59 Å². The smallest absolute Gasteiger partial charge is 0.248 e. The van der Waals surface area contributed by atoms with Crippen LogP contribution in [0, 0.1) is 5.41 Å². The van der Waals surface area contributed by atoms with E-state index >= 15 is 0 Å². The van der Waals surface area contributed by atoms with Gasteiger partial charge >= 0.3 is 0 Å². The van der Waals surface area contributed by atoms with Crippen molar-refractivity contribution >= 4 is 11.8 Å². The zero-order valence-electron chi connectivity index (χ0n) is 18.1. The number of nitrogens with one attached hydrogen (secondary N) is 1. The molecule has 1 saturated heterocycles. The van der Waals surface area contributed by atoms with E-state index in [1.54, 1.807) is 17.3 Å². The van der Waals surface area contributed by atoms with Gasteiger partial charge in [-0.15, -0.1) is 0 Å². The molecule has 0 spiro atoms. The van der Waals surface area contributed by atoms with Gasteiger partial charge in [0.05, 0.1) is 5.41 Å². The van der Waals surface area contributed by atoms with Crippen LogP contribution in [0.4, 0.5) is 0 Å². The molecule has 2 aromatic rings. The van der Waals surface area contributed by atoms with Gasteiger partial charge in [0.15, 0.2) is 0 Å². The van der Waals surface area contributed by atoms with Gasteiger partial charge < -0.3 is 15.0 Å². The number of ether oxygens (including phenoxy) is 1. The van der Waals surface area contributed by atoms with Crippen LogP contribution in [0.25, 0.3) is 11.1 Å². The molecule has 0 aliphatic carbocycles. The highest BCUT2D eigenvalue weighted by Gasteiger charge is 2.44. The third kappa shape index (κ3) is 5.05. The summed E-state index contributed by atoms with van der Waals surface area (Å²) in [5, 5.41) is 3.11. The van der Waals surface area contributed by atoms with E-state index in [4.69, 9.17) is 4.74 Å². The molecule has 0 saturated carbocycles. The van der Waals surface area contributed by atoms with Gasteiger partial charge in [-0.05, 0) is 61.9 Å². The van der Waals surface area contributed by atoms with E-state index in [1.807, 2.05) is 38.1 Å². The number of aromatic nitrogens is 1. The molecule has 1 atom stereocenters. The van der Waals surface area contributed by atoms with E-state index in [2.05, 4.69) is 22.4 Å². The normalized spacial score (nSPS) is 19.0. The fraction of sp³-hybridized carbons (Fsp3) is 0.458. The van der Waals surface area contributed by atoms with Crippen molar-refractivity contribution in [3.05, 3.63) is 54.4 Å². The maximum atomic E-state index is 13.4. The Hall–Kier alpha value is -2.73. The Bertz CT molecular complexity index is 869. The molecule has 1 aromatic carbocycles. The van der Waals surface area contributed by atoms with Crippen LogP contribution < -0.4 is 5.32 Å². The number of benzene rings is 1. The second-order valence-electron chi connectivity index (χ2n) is 8.33. The van der Waals surface area contributed by atoms with E-state index in [-0.39, 0.29) is 24.5 Å². The zero-order chi connectivity index (χ0) is 21.6. The molecule has 6 heteroatoms. The average Bonchev–Trinajstić information content (AvgIpc) is 2.74. The first-order valence-corrected chi connectivity index (χ1v) is 10.5. The van der Waals surface area contributed by atoms with Crippen molar-refractivity contribution in [1.82, 2.24) is 15.2 Å². The van der Waals surface area contributed by atoms with Gasteiger partial charge in [-0.25, -0.2) is 0 Å². The quantitative estimate of drug-likeness (QED) is 0.763. The fourth-order valence-corrected chi connectivity index (χ4v) is 4.24. The molecule has 0 unspecified atom stereocenters. The standard InChI is InChI=1S/C24H31N3O3/c1-18(2)26-23(29)24(11-6-14-27(17-24)22(28)16-30-3)15-20-7-4-5-8-21(20)19-9-12-25-13-10-19/h4-5,7-10,12-13,18H,6,11,14-17H2,1-3H3,(H,26,29)/t24-/m0/s1. The molecule has 1 aromatic heterocycles. The summed E-state index contributed by atoms with van der Waals surface area (Å²) < 4.78 is 5.05. The summed E-state index contributed by atoms with van der Waals surface area (Å²) in [4.78, 5) is 31.8. The average molecular weight is 410 g/mol. The minimum Gasteiger partial charge on any atom is -0.375 e. The highest BCUT2D eigenvalue weighted by Crippen LogP contribution is 2.37. The monoisotopic (exact) mass is 409 g/mol. The number of methoxy groups -OCH3 is 1. The van der Waals surface area contributed by atoms with Crippen molar-refractivity contribution in [2.24, 2.45) is 5.41 Å². The summed E-state index contributed by atoms with van der Waals surface area (Å²) in [5.41, 5.74) is 2.60. The molecular weight excluding hydrogens is 378 g/mol. The van der Waals surface area contributed by atoms with Crippen LogP contribution >= 0.6 is 0 Å². The lowest BCUT2D eigenvalue weighted by molar-refractivity contribution is -0.144. The molecule has 3 rings (SSSR count). The molecule has 2 heterocycles. The lowest BCUT2D eigenvalue weighted by Crippen LogP contribution is -2.56. The summed E-state index contributed by atoms with van der Waals surface area (Å²) in [6.45, 7) is 5.03. The summed E-state index contributed by atoms with van der Waals surface area (Å²) >= 11 is 0. The van der Waals surface area contributed by atoms with Crippen LogP contribution in [0.15, 0.2) is 48.8 Å². The van der Waals surface area contributed by atoms with E-state index < -0.39 is 5.41 Å². The second-order valence-corrected chi connectivity index (χ2v) is 8.33. The number of likely N-dealkylation sites (tertiary alicyclic amines) is 1. The minimum atomic E-state index is -0.672. The van der Waals surface area contributed by atoms with Gasteiger partial charge in [0.2, 0.25) is 11.8 Å². The van der Waals surface area contributed by atoms with Crippen LogP contribution in [0.3, 0.4) is 0 Å². The maximum Gasteiger partial charge on any atom is 0.248 e. The number of hydrogen-bond donors (Lipinski definition) is 1. The zero-order valence-corrected chi connectivity index (χ0v) is 18.1. The van der Waals surface area contributed by atoms with E-state index in [1.165, 1.54) is 7.11 Å². The van der Waals surface area contributed by atoms with Crippen LogP contribution in [0.2, 0.25) is 0 Å². The largest absolute Gasteiger partial charge is 0.375 e. The molecule has 1 N–H and O–H groups in total. The topological polar surface area (TPSA) is 71.5 Å². The fourth-order valence-electron chi connectivity index (χ4n) is 4.24. The number of amides is 2. The van der Waals surface area contributed by atoms with Crippen molar-refractivity contribution in [2.45, 2.75) is 39.2 Å². The lowest BCUT2D eigenvalue weighted by Gasteiger charge is -2.42. The summed E-state index contributed by atoms with van der Waals surface area (Å²) in [6, 6.07) is 12.2. The molecule has 6 nitrogen and oxygen atoms in total. The predicted octanol–water partition coefficient (Wildman–Crippen LogP) is 3.07. The Morgan fingerprint density at radius 1 is 1.20 bits per heavy atom. The Morgan fingerprint density at radius 2 is 1.93 bits per heavy atom. The van der Waals surface area contributed by atoms with Gasteiger partial charge in [-0.1, -0.05) is 24.3 Å². The van der Waals surface area contributed by atoms with Crippen molar-refractivity contribution in [2.75, 3.05) is 26.8 Å². The number of pyridine rings is 1. The van der Waals surface area contributed by atoms with Crippen LogP contribution in [-0.2, 0) is 20.7 Å². The number of nitrogens with zero attached hydrogens (tertiary/aromatic N) is 2. The van der Waals surface area contributed by atoms with Gasteiger partial charge in [0, 0.05) is 38.6 Å². The highest BCUT2D eigenvalue weighted by atomic mass is 16.5. The summed E-state index contributed by atoms with van der Waals surface area (Å²) in [7, 11) is 1.52. The van der Waals surface area contributed by atoms with Gasteiger partial charge in [0.1, 0.15) is 6.61 Å². The molecule has 1 aliphatic rings. The Kier molecular flexibility index (Phi) is 7.21. The van der Waals surface area contributed by atoms with Crippen molar-refractivity contribution in [3.8, 4) is 11.1 Å². The van der Waals surface area contributed by atoms with Crippen molar-refractivity contribution in [3.63, 3.8) is 0 Å². The molecule has 0 bridgehead atoms. The lowest BCUT2D eigenvalue weighted by atomic mass is 9.73. The van der Waals surface area contributed by atoms with Crippen molar-refractivity contribution < 1.29 is 14.3 Å². The first kappa shape index (κ1) is 22.0. The molecule has 0 radical (unpaired) electrons. The molecular formula is C24H31N3O3. The molecule has 1 aliphatic heterocycles. The Morgan fingerprint density at radius 3 is 2.63 bits per heavy atom. The van der Waals surface area contributed by atoms with Crippen LogP contribution in [-0.4, -0.2) is 54.5 Å². The van der Waals surface area contributed by atoms with Crippen LogP contribution in [0.1, 0.15) is 32.3 Å². The molecule has 160 valence electrons. The number of carbonyl (C=O) groups is 2. The van der Waals surface area contributed by atoms with Gasteiger partial charge in [-0.3, -0.25) is 14.6 Å². The minimum absolute atomic E-state index is 0.0111. The Balaban J connectivity index is 1.97. The maximum absolute atomic E-state index is 13.4. The van der Waals surface area contributed by atoms with Crippen molar-refractivity contribution in [1.29, 1.82) is 0 Å². The molecule has 30 heavy (non-hydrogen) atoms. The number of rotatable bonds is 7. The number of carbonyl (C=O) groups excluding carboxylic acids is 2. The van der Waals surface area contributed by atoms with E-state index in [0.29, 0.717) is 19.5 Å². The number of piperidine rings is 1. The van der Waals surface area contributed by atoms with Gasteiger partial charge in [0.25, 0.3) is 0 Å². The summed E-state index contributed by atoms with van der Waals surface area (Å²) in [6.07, 6.45) is 5.66. The van der Waals surface area contributed by atoms with Crippen LogP contribution in [0.5, 0.6) is 0 Å². The Labute approximate surface area is 178 Å². The third-order valence-corrected chi connectivity index (χ3v) is 5.64. The van der Waals surface area contributed by atoms with Gasteiger partial charge in [-0.2, -0.15) is 0 Å². The highest BCUT2D eigenvalue weighted by molar-refractivity contribution is 5.86. The third-order valence-electron chi connectivity index (χ3n) is 5.64. The second kappa shape index (κ2) is 9.85. The summed E-state index contributed by atoms with van der Waals surface area (Å²) in [5.74, 6) is -0.0571. The number of hydrogen-bond acceptors (Lipinski definition) is 4.